The molecule has 0 fully saturated rings. The third kappa shape index (κ3) is 44.8. The summed E-state index contributed by atoms with van der Waals surface area (Å²) in [6.45, 7) is 6.21. The van der Waals surface area contributed by atoms with Crippen LogP contribution in [0.5, 0.6) is 0 Å². The van der Waals surface area contributed by atoms with Crippen molar-refractivity contribution >= 4 is 17.9 Å². The normalized spacial score (nSPS) is 13.2. The molecule has 0 amide bonds. The topological polar surface area (TPSA) is 78.9 Å². The van der Waals surface area contributed by atoms with Gasteiger partial charge in [0.05, 0.1) is 0 Å². The largest absolute Gasteiger partial charge is 0.462 e. The van der Waals surface area contributed by atoms with Crippen molar-refractivity contribution in [2.24, 2.45) is 0 Å². The molecule has 0 aliphatic heterocycles. The zero-order chi connectivity index (χ0) is 43.0. The maximum absolute atomic E-state index is 12.7. The molecular formula is C53H82O6. The number of unbranched alkanes of at least 4 members (excludes halogenated alkanes) is 12. The highest BCUT2D eigenvalue weighted by Gasteiger charge is 2.19. The monoisotopic (exact) mass is 815 g/mol. The second-order valence-corrected chi connectivity index (χ2v) is 14.7. The second kappa shape index (κ2) is 46.5. The average Bonchev–Trinajstić information content (AvgIpc) is 3.23. The quantitative estimate of drug-likeness (QED) is 0.0202. The first-order valence-electron chi connectivity index (χ1n) is 23.1. The van der Waals surface area contributed by atoms with Gasteiger partial charge in [-0.2, -0.15) is 0 Å². The Kier molecular flexibility index (Phi) is 43.2. The Bertz CT molecular complexity index is 1300. The van der Waals surface area contributed by atoms with E-state index in [4.69, 9.17) is 14.2 Å². The van der Waals surface area contributed by atoms with Gasteiger partial charge in [0.2, 0.25) is 0 Å². The molecule has 0 bridgehead atoms. The van der Waals surface area contributed by atoms with Gasteiger partial charge in [0.1, 0.15) is 13.2 Å². The Morgan fingerprint density at radius 1 is 0.373 bits per heavy atom. The van der Waals surface area contributed by atoms with Crippen molar-refractivity contribution in [1.82, 2.24) is 0 Å². The van der Waals surface area contributed by atoms with Crippen molar-refractivity contribution in [3.63, 3.8) is 0 Å². The van der Waals surface area contributed by atoms with Crippen LogP contribution in [0.4, 0.5) is 0 Å². The number of allylic oxidation sites excluding steroid dienone is 20. The van der Waals surface area contributed by atoms with Crippen molar-refractivity contribution in [2.75, 3.05) is 13.2 Å². The van der Waals surface area contributed by atoms with Gasteiger partial charge in [-0.3, -0.25) is 14.4 Å². The first kappa shape index (κ1) is 54.8. The molecule has 1 unspecified atom stereocenters. The number of hydrogen-bond acceptors (Lipinski definition) is 6. The molecule has 0 heterocycles. The van der Waals surface area contributed by atoms with E-state index in [1.165, 1.54) is 44.9 Å². The van der Waals surface area contributed by atoms with Gasteiger partial charge in [-0.05, 0) is 96.3 Å². The van der Waals surface area contributed by atoms with Crippen LogP contribution in [0.2, 0.25) is 0 Å². The van der Waals surface area contributed by atoms with Crippen LogP contribution in [0.1, 0.15) is 175 Å². The summed E-state index contributed by atoms with van der Waals surface area (Å²) in [5.74, 6) is -1.08. The van der Waals surface area contributed by atoms with E-state index in [0.29, 0.717) is 25.7 Å². The minimum absolute atomic E-state index is 0.133. The molecule has 6 nitrogen and oxygen atoms in total. The molecule has 0 saturated heterocycles. The van der Waals surface area contributed by atoms with E-state index in [1.807, 2.05) is 48.6 Å². The lowest BCUT2D eigenvalue weighted by atomic mass is 10.1. The fraction of sp³-hybridized carbons (Fsp3) is 0.566. The number of rotatable bonds is 39. The third-order valence-electron chi connectivity index (χ3n) is 9.06. The molecule has 59 heavy (non-hydrogen) atoms. The molecule has 0 saturated carbocycles. The van der Waals surface area contributed by atoms with Gasteiger partial charge in [0.25, 0.3) is 0 Å². The second-order valence-electron chi connectivity index (χ2n) is 14.7. The van der Waals surface area contributed by atoms with Crippen molar-refractivity contribution in [1.29, 1.82) is 0 Å². The number of esters is 3. The van der Waals surface area contributed by atoms with Crippen LogP contribution in [0, 0.1) is 0 Å². The van der Waals surface area contributed by atoms with Gasteiger partial charge < -0.3 is 14.2 Å². The molecule has 0 aromatic rings. The van der Waals surface area contributed by atoms with Crippen molar-refractivity contribution in [3.8, 4) is 0 Å². The lowest BCUT2D eigenvalue weighted by Crippen LogP contribution is -2.30. The predicted molar refractivity (Wildman–Crippen MR) is 251 cm³/mol. The lowest BCUT2D eigenvalue weighted by molar-refractivity contribution is -0.167. The molecule has 0 aromatic heterocycles. The first-order chi connectivity index (χ1) is 29.0. The minimum atomic E-state index is -0.835. The average molecular weight is 815 g/mol. The highest BCUT2D eigenvalue weighted by molar-refractivity contribution is 5.71. The summed E-state index contributed by atoms with van der Waals surface area (Å²) >= 11 is 0. The van der Waals surface area contributed by atoms with Gasteiger partial charge in [-0.15, -0.1) is 0 Å². The van der Waals surface area contributed by atoms with Gasteiger partial charge in [-0.1, -0.05) is 181 Å². The van der Waals surface area contributed by atoms with Gasteiger partial charge >= 0.3 is 17.9 Å². The smallest absolute Gasteiger partial charge is 0.306 e. The molecule has 6 heteroatoms. The Hall–Kier alpha value is -4.19. The molecule has 330 valence electrons. The highest BCUT2D eigenvalue weighted by atomic mass is 16.6. The molecule has 0 radical (unpaired) electrons. The Balaban J connectivity index is 4.57. The Labute approximate surface area is 361 Å². The third-order valence-corrected chi connectivity index (χ3v) is 9.06. The van der Waals surface area contributed by atoms with E-state index in [2.05, 4.69) is 93.7 Å². The summed E-state index contributed by atoms with van der Waals surface area (Å²) < 4.78 is 16.6. The zero-order valence-corrected chi connectivity index (χ0v) is 37.5. The Morgan fingerprint density at radius 3 is 1.34 bits per heavy atom. The molecule has 0 spiro atoms. The number of carbonyl (C=O) groups excluding carboxylic acids is 3. The Morgan fingerprint density at radius 2 is 0.763 bits per heavy atom. The maximum atomic E-state index is 12.7. The lowest BCUT2D eigenvalue weighted by Gasteiger charge is -2.18. The van der Waals surface area contributed by atoms with Crippen LogP contribution < -0.4 is 0 Å². The SMILES string of the molecule is CC\C=C/C=C\C=C/C=C\C=C/CCCCCC(=O)OC(COC(=O)CCC/C=C\C/C=C\C/C=C\CCCCCCCC)COC(=O)CCCC/C=C\C/C=C\CC. The predicted octanol–water partition coefficient (Wildman–Crippen LogP) is 15.0. The van der Waals surface area contributed by atoms with Crippen LogP contribution in [0.15, 0.2) is 122 Å². The number of carbonyl (C=O) groups is 3. The fourth-order valence-electron chi connectivity index (χ4n) is 5.63. The van der Waals surface area contributed by atoms with Crippen molar-refractivity contribution in [2.45, 2.75) is 181 Å². The van der Waals surface area contributed by atoms with Crippen molar-refractivity contribution in [3.05, 3.63) is 122 Å². The van der Waals surface area contributed by atoms with Crippen LogP contribution in [0.3, 0.4) is 0 Å². The molecular weight excluding hydrogens is 733 g/mol. The zero-order valence-electron chi connectivity index (χ0n) is 37.5. The van der Waals surface area contributed by atoms with E-state index in [9.17, 15) is 14.4 Å². The van der Waals surface area contributed by atoms with E-state index in [0.717, 1.165) is 70.6 Å². The van der Waals surface area contributed by atoms with Crippen LogP contribution in [-0.2, 0) is 28.6 Å². The number of hydrogen-bond donors (Lipinski definition) is 0. The molecule has 0 aliphatic carbocycles. The first-order valence-corrected chi connectivity index (χ1v) is 23.1. The highest BCUT2D eigenvalue weighted by Crippen LogP contribution is 2.10. The molecule has 0 N–H and O–H groups in total. The summed E-state index contributed by atoms with van der Waals surface area (Å²) in [6.07, 6.45) is 63.4. The molecule has 0 aliphatic rings. The minimum Gasteiger partial charge on any atom is -0.462 e. The van der Waals surface area contributed by atoms with E-state index in [1.54, 1.807) is 0 Å². The molecule has 1 atom stereocenters. The summed E-state index contributed by atoms with van der Waals surface area (Å²) in [7, 11) is 0. The fourth-order valence-corrected chi connectivity index (χ4v) is 5.63. The summed E-state index contributed by atoms with van der Waals surface area (Å²) in [5, 5.41) is 0. The standard InChI is InChI=1S/C53H82O6/c1-4-7-10-13-16-19-21-23-25-26-28-29-31-34-37-40-43-46-52(55)58-49-50(48-57-51(54)45-42-39-36-33-18-15-12-9-6-3)59-53(56)47-44-41-38-35-32-30-27-24-22-20-17-14-11-8-5-2/h8-9,11-12,14,17-18,20,22-25,27-30,32-34,37,50H,4-7,10,13,15-16,19,21,26,31,35-36,38-49H2,1-3H3/b11-8-,12-9-,17-14-,22-20-,25-23-,27-24-,29-28-,32-30-,33-18-,37-34-. The van der Waals surface area contributed by atoms with Crippen molar-refractivity contribution < 1.29 is 28.6 Å². The van der Waals surface area contributed by atoms with Gasteiger partial charge in [0.15, 0.2) is 6.10 Å². The van der Waals surface area contributed by atoms with Crippen LogP contribution in [-0.4, -0.2) is 37.2 Å². The summed E-state index contributed by atoms with van der Waals surface area (Å²) in [5.41, 5.74) is 0. The van der Waals surface area contributed by atoms with E-state index >= 15 is 0 Å². The van der Waals surface area contributed by atoms with Crippen LogP contribution >= 0.6 is 0 Å². The van der Waals surface area contributed by atoms with E-state index < -0.39 is 6.10 Å². The molecule has 0 rings (SSSR count). The maximum Gasteiger partial charge on any atom is 0.306 e. The van der Waals surface area contributed by atoms with Gasteiger partial charge in [0, 0.05) is 19.3 Å². The van der Waals surface area contributed by atoms with E-state index in [-0.39, 0.29) is 44.0 Å². The molecule has 0 aromatic carbocycles. The number of ether oxygens (including phenoxy) is 3. The van der Waals surface area contributed by atoms with Gasteiger partial charge in [-0.25, -0.2) is 0 Å². The summed E-state index contributed by atoms with van der Waals surface area (Å²) in [6, 6.07) is 0. The summed E-state index contributed by atoms with van der Waals surface area (Å²) in [4.78, 5) is 37.7. The van der Waals surface area contributed by atoms with Crippen LogP contribution in [0.25, 0.3) is 0 Å².